The Hall–Kier alpha value is -3.04. The van der Waals surface area contributed by atoms with Gasteiger partial charge in [0, 0.05) is 18.5 Å². The molecule has 0 aliphatic heterocycles. The number of alkyl carbamates (subject to hydrolysis) is 1. The van der Waals surface area contributed by atoms with Crippen molar-refractivity contribution >= 4 is 11.8 Å². The van der Waals surface area contributed by atoms with E-state index in [9.17, 15) is 9.18 Å². The van der Waals surface area contributed by atoms with E-state index in [0.29, 0.717) is 18.5 Å². The largest absolute Gasteiger partial charge is 0.445 e. The minimum absolute atomic E-state index is 0.211. The number of carbonyl (C=O) groups is 1. The zero-order chi connectivity index (χ0) is 17.2. The molecule has 2 aromatic carbocycles. The van der Waals surface area contributed by atoms with Crippen LogP contribution in [0, 0.1) is 17.7 Å². The normalized spacial score (nSPS) is 9.58. The summed E-state index contributed by atoms with van der Waals surface area (Å²) >= 11 is 0. The van der Waals surface area contributed by atoms with Crippen LogP contribution in [0.1, 0.15) is 17.5 Å². The minimum Gasteiger partial charge on any atom is -0.445 e. The van der Waals surface area contributed by atoms with E-state index in [1.54, 1.807) is 6.07 Å². The highest BCUT2D eigenvalue weighted by Crippen LogP contribution is 2.13. The molecule has 0 saturated heterocycles. The Labute approximate surface area is 140 Å². The predicted molar refractivity (Wildman–Crippen MR) is 90.3 cm³/mol. The molecule has 124 valence electrons. The molecule has 1 amide bonds. The number of carbonyl (C=O) groups excluding carboxylic acids is 1. The van der Waals surface area contributed by atoms with E-state index in [-0.39, 0.29) is 12.3 Å². The number of nitrogens with two attached hydrogens (primary N) is 1. The summed E-state index contributed by atoms with van der Waals surface area (Å²) < 4.78 is 18.5. The van der Waals surface area contributed by atoms with Gasteiger partial charge in [0.2, 0.25) is 0 Å². The summed E-state index contributed by atoms with van der Waals surface area (Å²) in [5, 5.41) is 2.60. The number of amides is 1. The van der Waals surface area contributed by atoms with E-state index in [2.05, 4.69) is 22.6 Å². The quantitative estimate of drug-likeness (QED) is 0.342. The lowest BCUT2D eigenvalue weighted by Crippen LogP contribution is -2.24. The fraction of sp³-hybridized carbons (Fsp3) is 0.167. The van der Waals surface area contributed by atoms with Gasteiger partial charge in [0.1, 0.15) is 12.4 Å². The molecular formula is C18H18FN3O2. The Morgan fingerprint density at radius 3 is 2.71 bits per heavy atom. The number of nitrogen functional groups attached to an aromatic ring is 1. The van der Waals surface area contributed by atoms with E-state index in [1.807, 2.05) is 30.3 Å². The number of hydrazine groups is 1. The monoisotopic (exact) mass is 327 g/mol. The zero-order valence-corrected chi connectivity index (χ0v) is 13.0. The molecule has 6 heteroatoms. The third-order valence-corrected chi connectivity index (χ3v) is 3.09. The van der Waals surface area contributed by atoms with Gasteiger partial charge < -0.3 is 15.5 Å². The topological polar surface area (TPSA) is 76.4 Å². The second-order valence-electron chi connectivity index (χ2n) is 4.88. The summed E-state index contributed by atoms with van der Waals surface area (Å²) in [5.41, 5.74) is 3.92. The third kappa shape index (κ3) is 5.63. The predicted octanol–water partition coefficient (Wildman–Crippen LogP) is 2.78. The van der Waals surface area contributed by atoms with Crippen LogP contribution in [0.15, 0.2) is 48.5 Å². The zero-order valence-electron chi connectivity index (χ0n) is 13.0. The Balaban J connectivity index is 1.69. The van der Waals surface area contributed by atoms with Crippen molar-refractivity contribution in [3.63, 3.8) is 0 Å². The fourth-order valence-corrected chi connectivity index (χ4v) is 1.88. The molecule has 2 rings (SSSR count). The van der Waals surface area contributed by atoms with Crippen molar-refractivity contribution < 1.29 is 13.9 Å². The van der Waals surface area contributed by atoms with Gasteiger partial charge in [-0.25, -0.2) is 9.18 Å². The van der Waals surface area contributed by atoms with E-state index >= 15 is 0 Å². The summed E-state index contributed by atoms with van der Waals surface area (Å²) in [6.07, 6.45) is -0.0658. The molecule has 0 radical (unpaired) electrons. The standard InChI is InChI=1S/C18H18FN3O2/c19-16-12-14(9-10-17(16)22-20)6-4-5-11-21-18(23)24-13-15-7-2-1-3-8-15/h1-3,7-10,12,22H,5,11,13,20H2,(H,21,23). The van der Waals surface area contributed by atoms with Gasteiger partial charge >= 0.3 is 6.09 Å². The van der Waals surface area contributed by atoms with Gasteiger partial charge in [-0.2, -0.15) is 0 Å². The Bertz CT molecular complexity index is 739. The van der Waals surface area contributed by atoms with Crippen molar-refractivity contribution in [1.29, 1.82) is 0 Å². The first kappa shape index (κ1) is 17.3. The molecule has 5 nitrogen and oxygen atoms in total. The minimum atomic E-state index is -0.495. The number of halogens is 1. The van der Waals surface area contributed by atoms with Crippen LogP contribution in [0.5, 0.6) is 0 Å². The van der Waals surface area contributed by atoms with Crippen molar-refractivity contribution in [2.45, 2.75) is 13.0 Å². The van der Waals surface area contributed by atoms with Gasteiger partial charge in [0.25, 0.3) is 0 Å². The van der Waals surface area contributed by atoms with Gasteiger partial charge in [-0.15, -0.1) is 0 Å². The first-order chi connectivity index (χ1) is 11.7. The van der Waals surface area contributed by atoms with Crippen LogP contribution in [0.2, 0.25) is 0 Å². The van der Waals surface area contributed by atoms with Crippen LogP contribution in [0.25, 0.3) is 0 Å². The molecule has 0 atom stereocenters. The second kappa shape index (κ2) is 9.18. The first-order valence-corrected chi connectivity index (χ1v) is 7.38. The van der Waals surface area contributed by atoms with E-state index in [0.717, 1.165) is 5.56 Å². The molecule has 0 saturated carbocycles. The fourth-order valence-electron chi connectivity index (χ4n) is 1.88. The molecule has 0 heterocycles. The lowest BCUT2D eigenvalue weighted by atomic mass is 10.2. The molecule has 0 aliphatic rings. The number of hydrogen-bond donors (Lipinski definition) is 3. The molecule has 0 unspecified atom stereocenters. The molecule has 0 spiro atoms. The summed E-state index contributed by atoms with van der Waals surface area (Å²) in [7, 11) is 0. The summed E-state index contributed by atoms with van der Waals surface area (Å²) in [5.74, 6) is 10.4. The summed E-state index contributed by atoms with van der Waals surface area (Å²) in [6.45, 7) is 0.574. The Kier molecular flexibility index (Phi) is 6.62. The summed E-state index contributed by atoms with van der Waals surface area (Å²) in [6, 6.07) is 13.9. The molecule has 0 fully saturated rings. The third-order valence-electron chi connectivity index (χ3n) is 3.09. The van der Waals surface area contributed by atoms with Crippen molar-refractivity contribution in [2.75, 3.05) is 12.0 Å². The van der Waals surface area contributed by atoms with Crippen LogP contribution < -0.4 is 16.6 Å². The molecular weight excluding hydrogens is 309 g/mol. The van der Waals surface area contributed by atoms with Crippen molar-refractivity contribution in [2.24, 2.45) is 5.84 Å². The lowest BCUT2D eigenvalue weighted by molar-refractivity contribution is 0.140. The SMILES string of the molecule is NNc1ccc(C#CCCNC(=O)OCc2ccccc2)cc1F. The first-order valence-electron chi connectivity index (χ1n) is 7.38. The van der Waals surface area contributed by atoms with E-state index < -0.39 is 11.9 Å². The number of hydrogen-bond acceptors (Lipinski definition) is 4. The van der Waals surface area contributed by atoms with Crippen LogP contribution >= 0.6 is 0 Å². The number of rotatable bonds is 5. The molecule has 4 N–H and O–H groups in total. The second-order valence-corrected chi connectivity index (χ2v) is 4.88. The van der Waals surface area contributed by atoms with Crippen LogP contribution in [-0.2, 0) is 11.3 Å². The average molecular weight is 327 g/mol. The van der Waals surface area contributed by atoms with Gasteiger partial charge in [-0.3, -0.25) is 5.84 Å². The maximum atomic E-state index is 13.5. The van der Waals surface area contributed by atoms with Crippen LogP contribution in [0.3, 0.4) is 0 Å². The number of ether oxygens (including phenoxy) is 1. The van der Waals surface area contributed by atoms with Gasteiger partial charge in [0.05, 0.1) is 5.69 Å². The highest BCUT2D eigenvalue weighted by Gasteiger charge is 2.01. The molecule has 0 aromatic heterocycles. The average Bonchev–Trinajstić information content (AvgIpc) is 2.61. The molecule has 0 bridgehead atoms. The van der Waals surface area contributed by atoms with Gasteiger partial charge in [-0.05, 0) is 23.8 Å². The Morgan fingerprint density at radius 1 is 1.21 bits per heavy atom. The van der Waals surface area contributed by atoms with Crippen LogP contribution in [-0.4, -0.2) is 12.6 Å². The Morgan fingerprint density at radius 2 is 2.00 bits per heavy atom. The molecule has 2 aromatic rings. The smallest absolute Gasteiger partial charge is 0.407 e. The van der Waals surface area contributed by atoms with E-state index in [1.165, 1.54) is 12.1 Å². The van der Waals surface area contributed by atoms with Crippen molar-refractivity contribution in [3.05, 3.63) is 65.5 Å². The lowest BCUT2D eigenvalue weighted by Gasteiger charge is -2.05. The van der Waals surface area contributed by atoms with Crippen LogP contribution in [0.4, 0.5) is 14.9 Å². The maximum Gasteiger partial charge on any atom is 0.407 e. The number of anilines is 1. The maximum absolute atomic E-state index is 13.5. The highest BCUT2D eigenvalue weighted by atomic mass is 19.1. The van der Waals surface area contributed by atoms with Crippen molar-refractivity contribution in [3.8, 4) is 11.8 Å². The summed E-state index contributed by atoms with van der Waals surface area (Å²) in [4.78, 5) is 11.5. The van der Waals surface area contributed by atoms with Gasteiger partial charge in [-0.1, -0.05) is 42.2 Å². The number of benzene rings is 2. The highest BCUT2D eigenvalue weighted by molar-refractivity contribution is 5.67. The molecule has 24 heavy (non-hydrogen) atoms. The van der Waals surface area contributed by atoms with Gasteiger partial charge in [0.15, 0.2) is 0 Å². The number of nitrogens with one attached hydrogen (secondary N) is 2. The van der Waals surface area contributed by atoms with Crippen molar-refractivity contribution in [1.82, 2.24) is 5.32 Å². The van der Waals surface area contributed by atoms with E-state index in [4.69, 9.17) is 10.6 Å². The molecule has 0 aliphatic carbocycles.